The summed E-state index contributed by atoms with van der Waals surface area (Å²) in [5, 5.41) is 3.22. The summed E-state index contributed by atoms with van der Waals surface area (Å²) in [4.78, 5) is 11.7. The van der Waals surface area contributed by atoms with E-state index in [0.29, 0.717) is 0 Å². The van der Waals surface area contributed by atoms with Gasteiger partial charge in [-0.1, -0.05) is 18.2 Å². The van der Waals surface area contributed by atoms with Crippen LogP contribution in [0.4, 0.5) is 0 Å². The lowest BCUT2D eigenvalue weighted by atomic mass is 10.1. The first-order chi connectivity index (χ1) is 12.7. The minimum atomic E-state index is 0.175. The fourth-order valence-electron chi connectivity index (χ4n) is 3.36. The summed E-state index contributed by atoms with van der Waals surface area (Å²) in [6.45, 7) is 8.83. The van der Waals surface area contributed by atoms with Crippen LogP contribution < -0.4 is 0 Å². The highest BCUT2D eigenvalue weighted by molar-refractivity contribution is 7.09. The molecule has 3 aromatic rings. The van der Waals surface area contributed by atoms with E-state index in [1.165, 1.54) is 5.56 Å². The van der Waals surface area contributed by atoms with Gasteiger partial charge in [-0.05, 0) is 25.5 Å². The minimum Gasteiger partial charge on any atom is -0.379 e. The molecule has 1 aliphatic rings. The fourth-order valence-corrected chi connectivity index (χ4v) is 4.21. The van der Waals surface area contributed by atoms with Gasteiger partial charge in [-0.2, -0.15) is 0 Å². The molecule has 26 heavy (non-hydrogen) atoms. The van der Waals surface area contributed by atoms with Gasteiger partial charge < -0.3 is 9.30 Å². The van der Waals surface area contributed by atoms with Crippen LogP contribution >= 0.6 is 11.3 Å². The van der Waals surface area contributed by atoms with Crippen molar-refractivity contribution >= 4 is 11.3 Å². The molecule has 6 heteroatoms. The van der Waals surface area contributed by atoms with Crippen molar-refractivity contribution in [2.75, 3.05) is 26.3 Å². The molecule has 4 rings (SSSR count). The van der Waals surface area contributed by atoms with Gasteiger partial charge in [0.2, 0.25) is 0 Å². The monoisotopic (exact) mass is 368 g/mol. The van der Waals surface area contributed by atoms with Gasteiger partial charge >= 0.3 is 0 Å². The zero-order valence-electron chi connectivity index (χ0n) is 15.3. The Bertz CT molecular complexity index is 866. The van der Waals surface area contributed by atoms with Crippen LogP contribution in [0.5, 0.6) is 0 Å². The van der Waals surface area contributed by atoms with Crippen LogP contribution in [-0.4, -0.2) is 45.7 Å². The molecule has 0 spiro atoms. The minimum absolute atomic E-state index is 0.175. The van der Waals surface area contributed by atoms with Gasteiger partial charge in [0.15, 0.2) is 0 Å². The number of aryl methyl sites for hydroxylation is 1. The van der Waals surface area contributed by atoms with E-state index in [1.54, 1.807) is 11.3 Å². The number of hydrogen-bond donors (Lipinski definition) is 0. The van der Waals surface area contributed by atoms with Crippen LogP contribution in [0.25, 0.3) is 11.4 Å². The van der Waals surface area contributed by atoms with Crippen molar-refractivity contribution in [1.29, 1.82) is 0 Å². The van der Waals surface area contributed by atoms with E-state index in [9.17, 15) is 0 Å². The number of benzene rings is 1. The third-order valence-electron chi connectivity index (χ3n) is 4.78. The maximum atomic E-state index is 5.45. The number of hydrogen-bond acceptors (Lipinski definition) is 5. The average Bonchev–Trinajstić information content (AvgIpc) is 3.31. The fraction of sp³-hybridized carbons (Fsp3) is 0.400. The first kappa shape index (κ1) is 17.4. The standard InChI is InChI=1S/C20H24N4OS/c1-15-14-26-20(22-15)16(2)24-7-6-21-19(24)18-5-3-4-17(12-18)13-23-8-10-25-11-9-23/h3-7,12,14,16H,8-11,13H2,1-2H3. The Morgan fingerprint density at radius 2 is 2.12 bits per heavy atom. The SMILES string of the molecule is Cc1csc(C(C)n2ccnc2-c2cccc(CN3CCOCC3)c2)n1. The normalized spacial score (nSPS) is 16.7. The average molecular weight is 369 g/mol. The first-order valence-corrected chi connectivity index (χ1v) is 9.93. The summed E-state index contributed by atoms with van der Waals surface area (Å²) in [7, 11) is 0. The molecule has 1 aliphatic heterocycles. The van der Waals surface area contributed by atoms with E-state index >= 15 is 0 Å². The molecule has 0 amide bonds. The quantitative estimate of drug-likeness (QED) is 0.688. The molecule has 0 radical (unpaired) electrons. The summed E-state index contributed by atoms with van der Waals surface area (Å²) in [6, 6.07) is 8.90. The highest BCUT2D eigenvalue weighted by atomic mass is 32.1. The Morgan fingerprint density at radius 1 is 1.27 bits per heavy atom. The van der Waals surface area contributed by atoms with E-state index in [2.05, 4.69) is 56.0 Å². The maximum absolute atomic E-state index is 5.45. The Balaban J connectivity index is 1.58. The van der Waals surface area contributed by atoms with Gasteiger partial charge in [0.05, 0.1) is 19.3 Å². The number of imidazole rings is 1. The van der Waals surface area contributed by atoms with Crippen molar-refractivity contribution in [1.82, 2.24) is 19.4 Å². The Kier molecular flexibility index (Phi) is 5.15. The van der Waals surface area contributed by atoms with Gasteiger partial charge in [0.1, 0.15) is 10.8 Å². The van der Waals surface area contributed by atoms with Crippen molar-refractivity contribution < 1.29 is 4.74 Å². The number of morpholine rings is 1. The second-order valence-electron chi connectivity index (χ2n) is 6.75. The van der Waals surface area contributed by atoms with Gasteiger partial charge in [0, 0.05) is 48.7 Å². The lowest BCUT2D eigenvalue weighted by molar-refractivity contribution is 0.0342. The smallest absolute Gasteiger partial charge is 0.140 e. The Hall–Kier alpha value is -2.02. The van der Waals surface area contributed by atoms with Crippen molar-refractivity contribution in [3.05, 3.63) is 58.3 Å². The number of nitrogens with zero attached hydrogens (tertiary/aromatic N) is 4. The number of aromatic nitrogens is 3. The first-order valence-electron chi connectivity index (χ1n) is 9.05. The third kappa shape index (κ3) is 3.72. The molecule has 3 heterocycles. The second kappa shape index (κ2) is 7.70. The van der Waals surface area contributed by atoms with E-state index in [4.69, 9.17) is 4.74 Å². The molecule has 136 valence electrons. The van der Waals surface area contributed by atoms with Crippen LogP contribution in [0.3, 0.4) is 0 Å². The van der Waals surface area contributed by atoms with E-state index < -0.39 is 0 Å². The molecule has 1 fully saturated rings. The summed E-state index contributed by atoms with van der Waals surface area (Å²) in [5.41, 5.74) is 3.55. The lowest BCUT2D eigenvalue weighted by Gasteiger charge is -2.26. The zero-order valence-corrected chi connectivity index (χ0v) is 16.1. The van der Waals surface area contributed by atoms with Crippen molar-refractivity contribution in [2.45, 2.75) is 26.4 Å². The highest BCUT2D eigenvalue weighted by Crippen LogP contribution is 2.28. The third-order valence-corrected chi connectivity index (χ3v) is 5.91. The highest BCUT2D eigenvalue weighted by Gasteiger charge is 2.17. The van der Waals surface area contributed by atoms with E-state index in [-0.39, 0.29) is 6.04 Å². The maximum Gasteiger partial charge on any atom is 0.140 e. The van der Waals surface area contributed by atoms with Crippen LogP contribution in [0.1, 0.15) is 29.2 Å². The zero-order chi connectivity index (χ0) is 17.9. The summed E-state index contributed by atoms with van der Waals surface area (Å²) < 4.78 is 7.66. The van der Waals surface area contributed by atoms with Gasteiger partial charge in [-0.25, -0.2) is 9.97 Å². The second-order valence-corrected chi connectivity index (χ2v) is 7.64. The molecule has 1 unspecified atom stereocenters. The molecule has 1 saturated heterocycles. The van der Waals surface area contributed by atoms with Gasteiger partial charge in [-0.15, -0.1) is 11.3 Å². The van der Waals surface area contributed by atoms with Gasteiger partial charge in [0.25, 0.3) is 0 Å². The van der Waals surface area contributed by atoms with Crippen molar-refractivity contribution in [3.63, 3.8) is 0 Å². The molecule has 1 aromatic carbocycles. The molecule has 5 nitrogen and oxygen atoms in total. The number of thiazole rings is 1. The van der Waals surface area contributed by atoms with Crippen LogP contribution in [0.15, 0.2) is 42.0 Å². The van der Waals surface area contributed by atoms with Crippen LogP contribution in [0, 0.1) is 6.92 Å². The van der Waals surface area contributed by atoms with Crippen LogP contribution in [0.2, 0.25) is 0 Å². The largest absolute Gasteiger partial charge is 0.379 e. The molecular weight excluding hydrogens is 344 g/mol. The van der Waals surface area contributed by atoms with Gasteiger partial charge in [-0.3, -0.25) is 4.90 Å². The molecule has 2 aromatic heterocycles. The predicted molar refractivity (Wildman–Crippen MR) is 104 cm³/mol. The lowest BCUT2D eigenvalue weighted by Crippen LogP contribution is -2.35. The van der Waals surface area contributed by atoms with Crippen LogP contribution in [-0.2, 0) is 11.3 Å². The predicted octanol–water partition coefficient (Wildman–Crippen LogP) is 3.76. The molecular formula is C20H24N4OS. The summed E-state index contributed by atoms with van der Waals surface area (Å²) in [6.07, 6.45) is 3.92. The molecule has 0 aliphatic carbocycles. The Labute approximate surface area is 158 Å². The Morgan fingerprint density at radius 3 is 2.88 bits per heavy atom. The molecule has 1 atom stereocenters. The summed E-state index contributed by atoms with van der Waals surface area (Å²) in [5.74, 6) is 0.995. The van der Waals surface area contributed by atoms with Crippen molar-refractivity contribution in [2.24, 2.45) is 0 Å². The molecule has 0 bridgehead atoms. The number of rotatable bonds is 5. The molecule has 0 N–H and O–H groups in total. The summed E-state index contributed by atoms with van der Waals surface area (Å²) >= 11 is 1.71. The number of ether oxygens (including phenoxy) is 1. The topological polar surface area (TPSA) is 43.2 Å². The molecule has 0 saturated carbocycles. The van der Waals surface area contributed by atoms with E-state index in [1.807, 2.05) is 19.3 Å². The van der Waals surface area contributed by atoms with Crippen molar-refractivity contribution in [3.8, 4) is 11.4 Å². The van der Waals surface area contributed by atoms with E-state index in [0.717, 1.165) is 54.9 Å².